The summed E-state index contributed by atoms with van der Waals surface area (Å²) in [7, 11) is 2.01. The van der Waals surface area contributed by atoms with E-state index in [2.05, 4.69) is 20.8 Å². The number of anilines is 2. The molecule has 100 valence electrons. The van der Waals surface area contributed by atoms with Crippen LogP contribution in [0.25, 0.3) is 0 Å². The largest absolute Gasteiger partial charge is 0.492 e. The highest BCUT2D eigenvalue weighted by atomic mass is 79.9. The van der Waals surface area contributed by atoms with Crippen LogP contribution in [-0.4, -0.2) is 20.2 Å². The van der Waals surface area contributed by atoms with Gasteiger partial charge in [-0.1, -0.05) is 34.1 Å². The number of ether oxygens (including phenoxy) is 1. The lowest BCUT2D eigenvalue weighted by atomic mass is 10.2. The predicted octanol–water partition coefficient (Wildman–Crippen LogP) is 3.55. The molecule has 0 aliphatic heterocycles. The first-order chi connectivity index (χ1) is 9.16. The third-order valence-corrected chi connectivity index (χ3v) is 3.33. The van der Waals surface area contributed by atoms with Crippen LogP contribution in [0.15, 0.2) is 53.0 Å². The molecule has 0 radical (unpaired) electrons. The van der Waals surface area contributed by atoms with Crippen molar-refractivity contribution in [2.24, 2.45) is 0 Å². The van der Waals surface area contributed by atoms with Crippen molar-refractivity contribution in [2.75, 3.05) is 30.8 Å². The highest BCUT2D eigenvalue weighted by Gasteiger charge is 2.04. The number of benzene rings is 2. The van der Waals surface area contributed by atoms with E-state index in [0.717, 1.165) is 28.1 Å². The van der Waals surface area contributed by atoms with E-state index in [1.807, 2.05) is 55.6 Å². The van der Waals surface area contributed by atoms with Crippen molar-refractivity contribution < 1.29 is 4.74 Å². The normalized spacial score (nSPS) is 10.2. The highest BCUT2D eigenvalue weighted by molar-refractivity contribution is 9.10. The number of nitrogens with zero attached hydrogens (tertiary/aromatic N) is 1. The van der Waals surface area contributed by atoms with Gasteiger partial charge in [-0.3, -0.25) is 0 Å². The van der Waals surface area contributed by atoms with Crippen LogP contribution in [0.4, 0.5) is 11.4 Å². The lowest BCUT2D eigenvalue weighted by molar-refractivity contribution is 0.326. The van der Waals surface area contributed by atoms with Crippen molar-refractivity contribution >= 4 is 27.3 Å². The molecule has 0 bridgehead atoms. The summed E-state index contributed by atoms with van der Waals surface area (Å²) in [5.41, 5.74) is 7.75. The second kappa shape index (κ2) is 6.48. The first kappa shape index (κ1) is 13.7. The maximum Gasteiger partial charge on any atom is 0.120 e. The van der Waals surface area contributed by atoms with Gasteiger partial charge in [-0.15, -0.1) is 0 Å². The van der Waals surface area contributed by atoms with Crippen LogP contribution in [0.5, 0.6) is 5.75 Å². The molecule has 0 fully saturated rings. The van der Waals surface area contributed by atoms with Gasteiger partial charge < -0.3 is 15.4 Å². The van der Waals surface area contributed by atoms with E-state index in [-0.39, 0.29) is 0 Å². The number of halogens is 1. The van der Waals surface area contributed by atoms with Crippen LogP contribution in [0.2, 0.25) is 0 Å². The Morgan fingerprint density at radius 3 is 2.68 bits per heavy atom. The van der Waals surface area contributed by atoms with Crippen molar-refractivity contribution in [3.05, 3.63) is 53.0 Å². The predicted molar refractivity (Wildman–Crippen MR) is 83.8 cm³/mol. The molecule has 0 unspecified atom stereocenters. The maximum absolute atomic E-state index is 5.94. The van der Waals surface area contributed by atoms with Crippen LogP contribution in [0.1, 0.15) is 0 Å². The van der Waals surface area contributed by atoms with Crippen LogP contribution in [0.3, 0.4) is 0 Å². The molecule has 2 N–H and O–H groups in total. The van der Waals surface area contributed by atoms with Gasteiger partial charge in [0.1, 0.15) is 12.4 Å². The van der Waals surface area contributed by atoms with Crippen molar-refractivity contribution in [3.8, 4) is 5.75 Å². The van der Waals surface area contributed by atoms with Crippen LogP contribution >= 0.6 is 15.9 Å². The molecule has 19 heavy (non-hydrogen) atoms. The van der Waals surface area contributed by atoms with Crippen molar-refractivity contribution in [1.29, 1.82) is 0 Å². The maximum atomic E-state index is 5.94. The number of nitrogen functional groups attached to an aromatic ring is 1. The molecule has 2 rings (SSSR count). The molecule has 0 atom stereocenters. The molecule has 3 nitrogen and oxygen atoms in total. The summed E-state index contributed by atoms with van der Waals surface area (Å²) >= 11 is 3.42. The zero-order valence-electron chi connectivity index (χ0n) is 10.8. The van der Waals surface area contributed by atoms with E-state index in [1.165, 1.54) is 0 Å². The smallest absolute Gasteiger partial charge is 0.120 e. The van der Waals surface area contributed by atoms with Gasteiger partial charge in [0, 0.05) is 11.5 Å². The van der Waals surface area contributed by atoms with E-state index in [1.54, 1.807) is 0 Å². The molecule has 4 heteroatoms. The molecule has 0 saturated heterocycles. The standard InChI is InChI=1S/C15H17BrN2O/c1-18(15-8-3-2-7-14(15)17)9-10-19-13-6-4-5-12(16)11-13/h2-8,11H,9-10,17H2,1H3. The summed E-state index contributed by atoms with van der Waals surface area (Å²) in [6, 6.07) is 15.7. The summed E-state index contributed by atoms with van der Waals surface area (Å²) in [5, 5.41) is 0. The fraction of sp³-hybridized carbons (Fsp3) is 0.200. The third kappa shape index (κ3) is 3.89. The molecule has 0 amide bonds. The second-order valence-corrected chi connectivity index (χ2v) is 5.20. The van der Waals surface area contributed by atoms with Gasteiger partial charge in [-0.05, 0) is 30.3 Å². The topological polar surface area (TPSA) is 38.5 Å². The minimum atomic E-state index is 0.612. The fourth-order valence-corrected chi connectivity index (χ4v) is 2.19. The average molecular weight is 321 g/mol. The third-order valence-electron chi connectivity index (χ3n) is 2.84. The minimum absolute atomic E-state index is 0.612. The molecule has 0 spiro atoms. The number of rotatable bonds is 5. The minimum Gasteiger partial charge on any atom is -0.492 e. The lowest BCUT2D eigenvalue weighted by Gasteiger charge is -2.21. The van der Waals surface area contributed by atoms with Gasteiger partial charge in [-0.25, -0.2) is 0 Å². The Hall–Kier alpha value is -1.68. The SMILES string of the molecule is CN(CCOc1cccc(Br)c1)c1ccccc1N. The zero-order valence-corrected chi connectivity index (χ0v) is 12.4. The lowest BCUT2D eigenvalue weighted by Crippen LogP contribution is -2.24. The van der Waals surface area contributed by atoms with E-state index in [9.17, 15) is 0 Å². The van der Waals surface area contributed by atoms with Gasteiger partial charge in [0.2, 0.25) is 0 Å². The molecular formula is C15H17BrN2O. The van der Waals surface area contributed by atoms with Crippen LogP contribution in [-0.2, 0) is 0 Å². The van der Waals surface area contributed by atoms with Gasteiger partial charge >= 0.3 is 0 Å². The Balaban J connectivity index is 1.88. The quantitative estimate of drug-likeness (QED) is 0.856. The molecular weight excluding hydrogens is 304 g/mol. The monoisotopic (exact) mass is 320 g/mol. The van der Waals surface area contributed by atoms with Gasteiger partial charge in [0.25, 0.3) is 0 Å². The average Bonchev–Trinajstić information content (AvgIpc) is 2.39. The molecule has 0 aromatic heterocycles. The molecule has 0 saturated carbocycles. The summed E-state index contributed by atoms with van der Waals surface area (Å²) in [5.74, 6) is 0.865. The summed E-state index contributed by atoms with van der Waals surface area (Å²) in [6.45, 7) is 1.39. The van der Waals surface area contributed by atoms with Gasteiger partial charge in [-0.2, -0.15) is 0 Å². The Morgan fingerprint density at radius 2 is 1.95 bits per heavy atom. The number of likely N-dealkylation sites (N-methyl/N-ethyl adjacent to an activating group) is 1. The Morgan fingerprint density at radius 1 is 1.16 bits per heavy atom. The van der Waals surface area contributed by atoms with E-state index in [4.69, 9.17) is 10.5 Å². The van der Waals surface area contributed by atoms with Crippen molar-refractivity contribution in [1.82, 2.24) is 0 Å². The van der Waals surface area contributed by atoms with Crippen LogP contribution < -0.4 is 15.4 Å². The first-order valence-electron chi connectivity index (χ1n) is 6.11. The molecule has 2 aromatic carbocycles. The zero-order chi connectivity index (χ0) is 13.7. The van der Waals surface area contributed by atoms with Crippen molar-refractivity contribution in [2.45, 2.75) is 0 Å². The molecule has 0 heterocycles. The molecule has 0 aliphatic rings. The highest BCUT2D eigenvalue weighted by Crippen LogP contribution is 2.21. The number of hydrogen-bond donors (Lipinski definition) is 1. The number of hydrogen-bond acceptors (Lipinski definition) is 3. The van der Waals surface area contributed by atoms with E-state index < -0.39 is 0 Å². The molecule has 2 aromatic rings. The van der Waals surface area contributed by atoms with Crippen LogP contribution in [0, 0.1) is 0 Å². The summed E-state index contributed by atoms with van der Waals surface area (Å²) in [4.78, 5) is 2.09. The molecule has 0 aliphatic carbocycles. The summed E-state index contributed by atoms with van der Waals surface area (Å²) in [6.07, 6.45) is 0. The van der Waals surface area contributed by atoms with Crippen molar-refractivity contribution in [3.63, 3.8) is 0 Å². The van der Waals surface area contributed by atoms with Gasteiger partial charge in [0.05, 0.1) is 17.9 Å². The van der Waals surface area contributed by atoms with Gasteiger partial charge in [0.15, 0.2) is 0 Å². The van der Waals surface area contributed by atoms with E-state index >= 15 is 0 Å². The Kier molecular flexibility index (Phi) is 4.68. The fourth-order valence-electron chi connectivity index (χ4n) is 1.81. The Bertz CT molecular complexity index is 545. The van der Waals surface area contributed by atoms with E-state index in [0.29, 0.717) is 6.61 Å². The second-order valence-electron chi connectivity index (χ2n) is 4.29. The number of para-hydroxylation sites is 2. The first-order valence-corrected chi connectivity index (χ1v) is 6.90. The Labute approximate surface area is 122 Å². The number of nitrogens with two attached hydrogens (primary N) is 1. The summed E-state index contributed by atoms with van der Waals surface area (Å²) < 4.78 is 6.73.